The lowest BCUT2D eigenvalue weighted by Crippen LogP contribution is -2.50. The van der Waals surface area contributed by atoms with Gasteiger partial charge in [-0.3, -0.25) is 4.79 Å². The van der Waals surface area contributed by atoms with Crippen molar-refractivity contribution in [2.75, 3.05) is 0 Å². The predicted octanol–water partition coefficient (Wildman–Crippen LogP) is 3.16. The quantitative estimate of drug-likeness (QED) is 0.837. The molecule has 1 unspecified atom stereocenters. The highest BCUT2D eigenvalue weighted by Crippen LogP contribution is 2.32. The van der Waals surface area contributed by atoms with Gasteiger partial charge in [-0.15, -0.1) is 0 Å². The van der Waals surface area contributed by atoms with Crippen molar-refractivity contribution in [1.29, 1.82) is 0 Å². The van der Waals surface area contributed by atoms with Crippen LogP contribution in [-0.2, 0) is 4.79 Å². The molecule has 110 valence electrons. The molecule has 0 aliphatic heterocycles. The first kappa shape index (κ1) is 15.0. The molecule has 0 heterocycles. The Balaban J connectivity index is 1.98. The van der Waals surface area contributed by atoms with Crippen LogP contribution in [0.2, 0.25) is 0 Å². The Morgan fingerprint density at radius 3 is 2.45 bits per heavy atom. The Hall–Kier alpha value is -1.35. The van der Waals surface area contributed by atoms with Crippen molar-refractivity contribution >= 4 is 5.91 Å². The third-order valence-electron chi connectivity index (χ3n) is 4.11. The summed E-state index contributed by atoms with van der Waals surface area (Å²) in [6, 6.07) is 10.3. The maximum atomic E-state index is 12.2. The van der Waals surface area contributed by atoms with Gasteiger partial charge < -0.3 is 11.1 Å². The second-order valence-electron chi connectivity index (χ2n) is 6.55. The lowest BCUT2D eigenvalue weighted by Gasteiger charge is -2.38. The summed E-state index contributed by atoms with van der Waals surface area (Å²) in [5.74, 6) is 0.623. The van der Waals surface area contributed by atoms with E-state index in [1.807, 2.05) is 18.2 Å². The van der Waals surface area contributed by atoms with Gasteiger partial charge in [0.1, 0.15) is 0 Å². The maximum absolute atomic E-state index is 12.2. The number of rotatable bonds is 6. The third kappa shape index (κ3) is 4.07. The molecule has 1 amide bonds. The van der Waals surface area contributed by atoms with Crippen LogP contribution in [0.5, 0.6) is 0 Å². The van der Waals surface area contributed by atoms with Crippen molar-refractivity contribution in [2.24, 2.45) is 11.7 Å². The van der Waals surface area contributed by atoms with Crippen LogP contribution in [0.1, 0.15) is 57.6 Å². The SMILES string of the molecule is CC(C)CC(NC(=O)CC1(N)CCC1)c1ccccc1. The third-order valence-corrected chi connectivity index (χ3v) is 4.11. The molecular weight excluding hydrogens is 248 g/mol. The fraction of sp³-hybridized carbons (Fsp3) is 0.588. The van der Waals surface area contributed by atoms with Crippen molar-refractivity contribution < 1.29 is 4.79 Å². The van der Waals surface area contributed by atoms with Crippen LogP contribution in [0.15, 0.2) is 30.3 Å². The standard InChI is InChI=1S/C17H26N2O/c1-13(2)11-15(14-7-4-3-5-8-14)19-16(20)12-17(18)9-6-10-17/h3-5,7-8,13,15H,6,9-12,18H2,1-2H3,(H,19,20). The highest BCUT2D eigenvalue weighted by atomic mass is 16.1. The van der Waals surface area contributed by atoms with E-state index in [1.165, 1.54) is 5.56 Å². The largest absolute Gasteiger partial charge is 0.349 e. The molecule has 1 atom stereocenters. The van der Waals surface area contributed by atoms with Gasteiger partial charge in [0.05, 0.1) is 6.04 Å². The Morgan fingerprint density at radius 1 is 1.30 bits per heavy atom. The molecule has 3 N–H and O–H groups in total. The average Bonchev–Trinajstić information content (AvgIpc) is 2.36. The second kappa shape index (κ2) is 6.40. The van der Waals surface area contributed by atoms with E-state index < -0.39 is 0 Å². The normalized spacial score (nSPS) is 18.4. The zero-order chi connectivity index (χ0) is 14.6. The molecule has 2 rings (SSSR count). The zero-order valence-electron chi connectivity index (χ0n) is 12.6. The summed E-state index contributed by atoms with van der Waals surface area (Å²) in [5.41, 5.74) is 7.09. The highest BCUT2D eigenvalue weighted by molar-refractivity contribution is 5.77. The number of carbonyl (C=O) groups excluding carboxylic acids is 1. The predicted molar refractivity (Wildman–Crippen MR) is 82.2 cm³/mol. The van der Waals surface area contributed by atoms with E-state index in [0.717, 1.165) is 25.7 Å². The monoisotopic (exact) mass is 274 g/mol. The molecule has 1 saturated carbocycles. The lowest BCUT2D eigenvalue weighted by molar-refractivity contribution is -0.123. The molecule has 0 spiro atoms. The van der Waals surface area contributed by atoms with Gasteiger partial charge in [0, 0.05) is 12.0 Å². The van der Waals surface area contributed by atoms with Crippen LogP contribution in [0, 0.1) is 5.92 Å². The minimum Gasteiger partial charge on any atom is -0.349 e. The molecule has 20 heavy (non-hydrogen) atoms. The molecule has 0 radical (unpaired) electrons. The molecule has 1 fully saturated rings. The fourth-order valence-corrected chi connectivity index (χ4v) is 2.81. The molecule has 3 heteroatoms. The molecule has 1 aliphatic carbocycles. The number of hydrogen-bond donors (Lipinski definition) is 2. The number of benzene rings is 1. The second-order valence-corrected chi connectivity index (χ2v) is 6.55. The van der Waals surface area contributed by atoms with E-state index in [-0.39, 0.29) is 17.5 Å². The van der Waals surface area contributed by atoms with Gasteiger partial charge in [0.25, 0.3) is 0 Å². The maximum Gasteiger partial charge on any atom is 0.222 e. The fourth-order valence-electron chi connectivity index (χ4n) is 2.81. The first-order chi connectivity index (χ1) is 9.48. The Kier molecular flexibility index (Phi) is 4.81. The molecule has 1 aromatic carbocycles. The van der Waals surface area contributed by atoms with Crippen molar-refractivity contribution in [2.45, 2.75) is 57.5 Å². The molecule has 1 aliphatic rings. The minimum atomic E-state index is -0.247. The summed E-state index contributed by atoms with van der Waals surface area (Å²) < 4.78 is 0. The Morgan fingerprint density at radius 2 is 1.95 bits per heavy atom. The van der Waals surface area contributed by atoms with Crippen LogP contribution in [-0.4, -0.2) is 11.4 Å². The van der Waals surface area contributed by atoms with Gasteiger partial charge in [-0.05, 0) is 37.2 Å². The van der Waals surface area contributed by atoms with Gasteiger partial charge in [0.2, 0.25) is 5.91 Å². The van der Waals surface area contributed by atoms with E-state index in [0.29, 0.717) is 12.3 Å². The van der Waals surface area contributed by atoms with Crippen molar-refractivity contribution in [3.05, 3.63) is 35.9 Å². The number of hydrogen-bond acceptors (Lipinski definition) is 2. The number of nitrogens with one attached hydrogen (secondary N) is 1. The van der Waals surface area contributed by atoms with Crippen LogP contribution < -0.4 is 11.1 Å². The van der Waals surface area contributed by atoms with Gasteiger partial charge in [0.15, 0.2) is 0 Å². The van der Waals surface area contributed by atoms with Crippen molar-refractivity contribution in [3.63, 3.8) is 0 Å². The van der Waals surface area contributed by atoms with E-state index in [4.69, 9.17) is 5.73 Å². The lowest BCUT2D eigenvalue weighted by atomic mass is 9.75. The van der Waals surface area contributed by atoms with Gasteiger partial charge in [-0.2, -0.15) is 0 Å². The molecule has 0 bridgehead atoms. The van der Waals surface area contributed by atoms with E-state index >= 15 is 0 Å². The summed E-state index contributed by atoms with van der Waals surface area (Å²) in [6.07, 6.45) is 4.50. The van der Waals surface area contributed by atoms with Crippen LogP contribution in [0.4, 0.5) is 0 Å². The first-order valence-electron chi connectivity index (χ1n) is 7.62. The summed E-state index contributed by atoms with van der Waals surface area (Å²) in [7, 11) is 0. The summed E-state index contributed by atoms with van der Waals surface area (Å²) in [5, 5.41) is 3.17. The first-order valence-corrected chi connectivity index (χ1v) is 7.62. The van der Waals surface area contributed by atoms with E-state index in [2.05, 4.69) is 31.3 Å². The van der Waals surface area contributed by atoms with Crippen LogP contribution in [0.3, 0.4) is 0 Å². The minimum absolute atomic E-state index is 0.0849. The number of carbonyl (C=O) groups is 1. The molecule has 3 nitrogen and oxygen atoms in total. The highest BCUT2D eigenvalue weighted by Gasteiger charge is 2.35. The summed E-state index contributed by atoms with van der Waals surface area (Å²) in [6.45, 7) is 4.36. The summed E-state index contributed by atoms with van der Waals surface area (Å²) in [4.78, 5) is 12.2. The van der Waals surface area contributed by atoms with Gasteiger partial charge in [-0.1, -0.05) is 44.2 Å². The van der Waals surface area contributed by atoms with Gasteiger partial charge >= 0.3 is 0 Å². The van der Waals surface area contributed by atoms with Gasteiger partial charge in [-0.25, -0.2) is 0 Å². The smallest absolute Gasteiger partial charge is 0.222 e. The molecule has 0 saturated heterocycles. The van der Waals surface area contributed by atoms with Crippen LogP contribution in [0.25, 0.3) is 0 Å². The Bertz CT molecular complexity index is 438. The topological polar surface area (TPSA) is 55.1 Å². The summed E-state index contributed by atoms with van der Waals surface area (Å²) >= 11 is 0. The number of nitrogens with two attached hydrogens (primary N) is 1. The zero-order valence-corrected chi connectivity index (χ0v) is 12.6. The average molecular weight is 274 g/mol. The van der Waals surface area contributed by atoms with Crippen molar-refractivity contribution in [1.82, 2.24) is 5.32 Å². The Labute approximate surface area is 121 Å². The number of amides is 1. The molecule has 1 aromatic rings. The van der Waals surface area contributed by atoms with Crippen molar-refractivity contribution in [3.8, 4) is 0 Å². The van der Waals surface area contributed by atoms with E-state index in [9.17, 15) is 4.79 Å². The molecule has 0 aromatic heterocycles. The molecular formula is C17H26N2O. The van der Waals surface area contributed by atoms with E-state index in [1.54, 1.807) is 0 Å². The van der Waals surface area contributed by atoms with Crippen LogP contribution >= 0.6 is 0 Å².